The van der Waals surface area contributed by atoms with Gasteiger partial charge in [-0.15, -0.1) is 0 Å². The Bertz CT molecular complexity index is 421. The minimum Gasteiger partial charge on any atom is -0.480 e. The van der Waals surface area contributed by atoms with Crippen molar-refractivity contribution in [1.29, 1.82) is 0 Å². The van der Waals surface area contributed by atoms with Crippen LogP contribution < -0.4 is 0 Å². The molecule has 2 amide bonds. The van der Waals surface area contributed by atoms with Crippen LogP contribution in [0.2, 0.25) is 0 Å². The molecule has 0 aromatic rings. The average Bonchev–Trinajstić information content (AvgIpc) is 2.79. The van der Waals surface area contributed by atoms with E-state index < -0.39 is 36.2 Å². The number of likely N-dealkylation sites (tertiary alicyclic amines) is 2. The summed E-state index contributed by atoms with van der Waals surface area (Å²) in [6.07, 6.45) is -5.59. The van der Waals surface area contributed by atoms with Crippen LogP contribution in [0, 0.1) is 5.92 Å². The standard InChI is InChI=1S/C12H17F3N2O4/c13-12(14,15)7-1-3-16(4-2-7)11(21)17-6-8(18)5-9(17)10(19)20/h7-9,18H,1-6H2,(H,19,20)/t8?,9-/m0/s1. The molecule has 1 unspecified atom stereocenters. The Balaban J connectivity index is 1.97. The van der Waals surface area contributed by atoms with Gasteiger partial charge in [-0.3, -0.25) is 0 Å². The number of hydrogen-bond acceptors (Lipinski definition) is 3. The van der Waals surface area contributed by atoms with Gasteiger partial charge < -0.3 is 20.0 Å². The van der Waals surface area contributed by atoms with Crippen molar-refractivity contribution in [3.05, 3.63) is 0 Å². The number of aliphatic hydroxyl groups is 1. The second-order valence-electron chi connectivity index (χ2n) is 5.48. The molecular weight excluding hydrogens is 293 g/mol. The summed E-state index contributed by atoms with van der Waals surface area (Å²) < 4.78 is 37.7. The Hall–Kier alpha value is -1.51. The van der Waals surface area contributed by atoms with E-state index in [4.69, 9.17) is 5.11 Å². The molecule has 0 spiro atoms. The van der Waals surface area contributed by atoms with E-state index in [1.165, 1.54) is 4.90 Å². The largest absolute Gasteiger partial charge is 0.480 e. The number of hydrogen-bond donors (Lipinski definition) is 2. The quantitative estimate of drug-likeness (QED) is 0.754. The fourth-order valence-corrected chi connectivity index (χ4v) is 2.84. The number of carbonyl (C=O) groups excluding carboxylic acids is 1. The van der Waals surface area contributed by atoms with E-state index in [0.717, 1.165) is 4.90 Å². The van der Waals surface area contributed by atoms with Crippen molar-refractivity contribution in [3.8, 4) is 0 Å². The number of β-amino-alcohol motifs (C(OH)–C–C–N with tert-alkyl or cyclic N) is 1. The van der Waals surface area contributed by atoms with Crippen LogP contribution in [-0.2, 0) is 4.79 Å². The van der Waals surface area contributed by atoms with E-state index in [1.54, 1.807) is 0 Å². The van der Waals surface area contributed by atoms with Crippen LogP contribution in [0.4, 0.5) is 18.0 Å². The number of aliphatic carboxylic acids is 1. The molecule has 0 saturated carbocycles. The highest BCUT2D eigenvalue weighted by Crippen LogP contribution is 2.34. The number of carbonyl (C=O) groups is 2. The topological polar surface area (TPSA) is 81.1 Å². The second kappa shape index (κ2) is 5.70. The first-order chi connectivity index (χ1) is 9.70. The molecule has 2 saturated heterocycles. The number of carboxylic acid groups (broad SMARTS) is 1. The number of piperidine rings is 1. The van der Waals surface area contributed by atoms with Gasteiger partial charge >= 0.3 is 18.2 Å². The molecule has 2 aliphatic rings. The van der Waals surface area contributed by atoms with Gasteiger partial charge in [0.15, 0.2) is 0 Å². The summed E-state index contributed by atoms with van der Waals surface area (Å²) in [7, 11) is 0. The Morgan fingerprint density at radius 1 is 1.14 bits per heavy atom. The van der Waals surface area contributed by atoms with E-state index in [2.05, 4.69) is 0 Å². The molecule has 120 valence electrons. The third kappa shape index (κ3) is 3.39. The number of rotatable bonds is 1. The molecule has 0 aromatic heterocycles. The van der Waals surface area contributed by atoms with Gasteiger partial charge in [-0.25, -0.2) is 9.59 Å². The van der Waals surface area contributed by atoms with Crippen molar-refractivity contribution in [1.82, 2.24) is 9.80 Å². The number of aliphatic hydroxyl groups excluding tert-OH is 1. The maximum atomic E-state index is 12.6. The molecule has 2 atom stereocenters. The van der Waals surface area contributed by atoms with Crippen molar-refractivity contribution in [2.24, 2.45) is 5.92 Å². The smallest absolute Gasteiger partial charge is 0.391 e. The predicted molar refractivity (Wildman–Crippen MR) is 64.5 cm³/mol. The number of nitrogens with zero attached hydrogens (tertiary/aromatic N) is 2. The van der Waals surface area contributed by atoms with E-state index >= 15 is 0 Å². The maximum Gasteiger partial charge on any atom is 0.391 e. The highest BCUT2D eigenvalue weighted by Gasteiger charge is 2.44. The number of urea groups is 1. The third-order valence-corrected chi connectivity index (χ3v) is 4.04. The van der Waals surface area contributed by atoms with E-state index in [9.17, 15) is 27.9 Å². The number of amides is 2. The summed E-state index contributed by atoms with van der Waals surface area (Å²) in [5.74, 6) is -2.63. The Morgan fingerprint density at radius 2 is 1.71 bits per heavy atom. The number of halogens is 3. The second-order valence-corrected chi connectivity index (χ2v) is 5.48. The van der Waals surface area contributed by atoms with E-state index in [0.29, 0.717) is 0 Å². The minimum atomic E-state index is -4.26. The zero-order chi connectivity index (χ0) is 15.8. The van der Waals surface area contributed by atoms with Crippen molar-refractivity contribution < 1.29 is 33.0 Å². The van der Waals surface area contributed by atoms with Crippen LogP contribution in [0.5, 0.6) is 0 Å². The monoisotopic (exact) mass is 310 g/mol. The van der Waals surface area contributed by atoms with Crippen molar-refractivity contribution >= 4 is 12.0 Å². The lowest BCUT2D eigenvalue weighted by Crippen LogP contribution is -2.51. The van der Waals surface area contributed by atoms with Crippen molar-refractivity contribution in [2.75, 3.05) is 19.6 Å². The van der Waals surface area contributed by atoms with Gasteiger partial charge in [0.25, 0.3) is 0 Å². The fourth-order valence-electron chi connectivity index (χ4n) is 2.84. The molecule has 6 nitrogen and oxygen atoms in total. The minimum absolute atomic E-state index is 0.0536. The van der Waals surface area contributed by atoms with Gasteiger partial charge in [0.1, 0.15) is 6.04 Å². The van der Waals surface area contributed by atoms with Crippen molar-refractivity contribution in [3.63, 3.8) is 0 Å². The Kier molecular flexibility index (Phi) is 4.31. The molecule has 2 N–H and O–H groups in total. The first-order valence-electron chi connectivity index (χ1n) is 6.73. The van der Waals surface area contributed by atoms with Crippen LogP contribution in [-0.4, -0.2) is 70.0 Å². The summed E-state index contributed by atoms with van der Waals surface area (Å²) in [4.78, 5) is 25.5. The Labute approximate surface area is 119 Å². The van der Waals surface area contributed by atoms with Gasteiger partial charge in [0.05, 0.1) is 12.0 Å². The molecule has 21 heavy (non-hydrogen) atoms. The third-order valence-electron chi connectivity index (χ3n) is 4.04. The fraction of sp³-hybridized carbons (Fsp3) is 0.833. The average molecular weight is 310 g/mol. The lowest BCUT2D eigenvalue weighted by atomic mass is 9.96. The highest BCUT2D eigenvalue weighted by molar-refractivity contribution is 5.83. The van der Waals surface area contributed by atoms with Crippen LogP contribution in [0.1, 0.15) is 19.3 Å². The highest BCUT2D eigenvalue weighted by atomic mass is 19.4. The first kappa shape index (κ1) is 15.9. The van der Waals surface area contributed by atoms with Crippen LogP contribution in [0.3, 0.4) is 0 Å². The number of carboxylic acids is 1. The first-order valence-corrected chi connectivity index (χ1v) is 6.73. The number of alkyl halides is 3. The summed E-state index contributed by atoms with van der Waals surface area (Å²) in [6.45, 7) is -0.209. The van der Waals surface area contributed by atoms with Gasteiger partial charge in [0.2, 0.25) is 0 Å². The normalized spacial score (nSPS) is 28.0. The van der Waals surface area contributed by atoms with Crippen LogP contribution in [0.15, 0.2) is 0 Å². The van der Waals surface area contributed by atoms with Gasteiger partial charge in [0, 0.05) is 26.1 Å². The summed E-state index contributed by atoms with van der Waals surface area (Å²) >= 11 is 0. The lowest BCUT2D eigenvalue weighted by molar-refractivity contribution is -0.183. The summed E-state index contributed by atoms with van der Waals surface area (Å²) in [5.41, 5.74) is 0. The molecule has 9 heteroatoms. The van der Waals surface area contributed by atoms with Crippen LogP contribution in [0.25, 0.3) is 0 Å². The molecule has 2 rings (SSSR count). The zero-order valence-corrected chi connectivity index (χ0v) is 11.2. The molecule has 2 aliphatic heterocycles. The lowest BCUT2D eigenvalue weighted by Gasteiger charge is -2.36. The van der Waals surface area contributed by atoms with E-state index in [-0.39, 0.29) is 38.9 Å². The Morgan fingerprint density at radius 3 is 2.19 bits per heavy atom. The molecular formula is C12H17F3N2O4. The SMILES string of the molecule is O=C(O)[C@@H]1CC(O)CN1C(=O)N1CCC(C(F)(F)F)CC1. The predicted octanol–water partition coefficient (Wildman–Crippen LogP) is 0.901. The molecule has 2 heterocycles. The molecule has 0 bridgehead atoms. The molecule has 0 aliphatic carbocycles. The summed E-state index contributed by atoms with van der Waals surface area (Å²) in [5, 5.41) is 18.5. The maximum absolute atomic E-state index is 12.6. The zero-order valence-electron chi connectivity index (χ0n) is 11.2. The molecule has 0 radical (unpaired) electrons. The van der Waals surface area contributed by atoms with Crippen LogP contribution >= 0.6 is 0 Å². The van der Waals surface area contributed by atoms with E-state index in [1.807, 2.05) is 0 Å². The molecule has 2 fully saturated rings. The molecule has 0 aromatic carbocycles. The van der Waals surface area contributed by atoms with Gasteiger partial charge in [-0.2, -0.15) is 13.2 Å². The summed E-state index contributed by atoms with van der Waals surface area (Å²) in [6, 6.07) is -1.73. The van der Waals surface area contributed by atoms with Gasteiger partial charge in [-0.1, -0.05) is 0 Å². The van der Waals surface area contributed by atoms with Gasteiger partial charge in [-0.05, 0) is 12.8 Å². The van der Waals surface area contributed by atoms with Crippen molar-refractivity contribution in [2.45, 2.75) is 37.6 Å².